The third-order valence-electron chi connectivity index (χ3n) is 2.87. The lowest BCUT2D eigenvalue weighted by Gasteiger charge is -2.38. The fraction of sp³-hybridized carbons (Fsp3) is 0.308. The molecule has 1 aromatic rings. The number of amides is 1. The zero-order valence-corrected chi connectivity index (χ0v) is 10.7. The van der Waals surface area contributed by atoms with Gasteiger partial charge in [0, 0.05) is 18.8 Å². The first-order valence-electron chi connectivity index (χ1n) is 5.72. The van der Waals surface area contributed by atoms with Crippen LogP contribution in [0.3, 0.4) is 0 Å². The Morgan fingerprint density at radius 1 is 1.29 bits per heavy atom. The van der Waals surface area contributed by atoms with E-state index < -0.39 is 0 Å². The minimum atomic E-state index is -0.0514. The van der Waals surface area contributed by atoms with Crippen LogP contribution < -0.4 is 0 Å². The summed E-state index contributed by atoms with van der Waals surface area (Å²) in [5.41, 5.74) is 1.23. The van der Waals surface area contributed by atoms with Crippen LogP contribution in [-0.4, -0.2) is 21.3 Å². The number of carbonyl (C=O) groups excluding carboxylic acids is 1. The number of nitrogens with zero attached hydrogens (tertiary/aromatic N) is 2. The first-order valence-corrected chi connectivity index (χ1v) is 6.12. The van der Waals surface area contributed by atoms with Gasteiger partial charge in [-0.25, -0.2) is 0 Å². The van der Waals surface area contributed by atoms with Gasteiger partial charge < -0.3 is 4.90 Å². The Balaban J connectivity index is 2.15. The molecule has 0 N–H and O–H groups in total. The molecule has 1 atom stereocenters. The van der Waals surface area contributed by atoms with Crippen LogP contribution >= 0.6 is 12.8 Å². The van der Waals surface area contributed by atoms with Crippen LogP contribution in [0, 0.1) is 0 Å². The van der Waals surface area contributed by atoms with Gasteiger partial charge in [0.15, 0.2) is 0 Å². The van der Waals surface area contributed by atoms with Crippen molar-refractivity contribution in [2.24, 2.45) is 0 Å². The number of carbonyl (C=O) groups is 1. The van der Waals surface area contributed by atoms with Crippen molar-refractivity contribution in [3.8, 4) is 0 Å². The fourth-order valence-corrected chi connectivity index (χ4v) is 2.34. The summed E-state index contributed by atoms with van der Waals surface area (Å²) in [4.78, 5) is 13.6. The summed E-state index contributed by atoms with van der Waals surface area (Å²) in [6.45, 7) is 2.85. The van der Waals surface area contributed by atoms with Crippen molar-refractivity contribution in [3.05, 3.63) is 48.2 Å². The number of rotatable bonds is 3. The van der Waals surface area contributed by atoms with Gasteiger partial charge in [-0.1, -0.05) is 50.1 Å². The van der Waals surface area contributed by atoms with E-state index in [4.69, 9.17) is 0 Å². The number of hydrogen-bond donors (Lipinski definition) is 1. The quantitative estimate of drug-likeness (QED) is 0.830. The zero-order chi connectivity index (χ0) is 12.3. The fourth-order valence-electron chi connectivity index (χ4n) is 1.98. The van der Waals surface area contributed by atoms with E-state index in [-0.39, 0.29) is 12.1 Å². The molecule has 0 fully saturated rings. The van der Waals surface area contributed by atoms with Gasteiger partial charge in [0.05, 0.1) is 0 Å². The van der Waals surface area contributed by atoms with Gasteiger partial charge in [0.25, 0.3) is 5.91 Å². The van der Waals surface area contributed by atoms with Crippen molar-refractivity contribution >= 4 is 18.7 Å². The van der Waals surface area contributed by atoms with Gasteiger partial charge in [-0.05, 0) is 12.0 Å². The summed E-state index contributed by atoms with van der Waals surface area (Å²) >= 11 is 4.25. The maximum absolute atomic E-state index is 11.5. The Bertz CT molecular complexity index is 419. The normalized spacial score (nSPS) is 19.9. The number of benzene rings is 1. The molecule has 0 bridgehead atoms. The number of hydrogen-bond acceptors (Lipinski definition) is 3. The summed E-state index contributed by atoms with van der Waals surface area (Å²) in [6.07, 6.45) is 4.29. The molecule has 1 heterocycles. The van der Waals surface area contributed by atoms with Crippen LogP contribution in [0.25, 0.3) is 0 Å². The van der Waals surface area contributed by atoms with Crippen molar-refractivity contribution in [1.29, 1.82) is 0 Å². The predicted octanol–water partition coefficient (Wildman–Crippen LogP) is 2.43. The summed E-state index contributed by atoms with van der Waals surface area (Å²) < 4.78 is 1.49. The molecule has 0 radical (unpaired) electrons. The highest BCUT2D eigenvalue weighted by molar-refractivity contribution is 7.78. The van der Waals surface area contributed by atoms with E-state index in [0.717, 1.165) is 13.0 Å². The molecule has 4 heteroatoms. The molecule has 2 rings (SSSR count). The predicted molar refractivity (Wildman–Crippen MR) is 71.0 cm³/mol. The van der Waals surface area contributed by atoms with Crippen LogP contribution in [0.5, 0.6) is 0 Å². The second-order valence-electron chi connectivity index (χ2n) is 4.05. The molecule has 0 spiro atoms. The topological polar surface area (TPSA) is 23.6 Å². The Labute approximate surface area is 107 Å². The third kappa shape index (κ3) is 2.64. The van der Waals surface area contributed by atoms with Gasteiger partial charge in [-0.2, -0.15) is 0 Å². The van der Waals surface area contributed by atoms with Gasteiger partial charge >= 0.3 is 0 Å². The van der Waals surface area contributed by atoms with Gasteiger partial charge in [-0.3, -0.25) is 9.10 Å². The first kappa shape index (κ1) is 12.0. The molecular formula is C13H16N2OS. The Morgan fingerprint density at radius 2 is 2.00 bits per heavy atom. The summed E-state index contributed by atoms with van der Waals surface area (Å²) in [5.74, 6) is -0.0514. The lowest BCUT2D eigenvalue weighted by molar-refractivity contribution is -0.126. The smallest absolute Gasteiger partial charge is 0.259 e. The molecule has 90 valence electrons. The van der Waals surface area contributed by atoms with Crippen molar-refractivity contribution in [1.82, 2.24) is 9.21 Å². The van der Waals surface area contributed by atoms with Crippen LogP contribution in [-0.2, 0) is 11.3 Å². The lowest BCUT2D eigenvalue weighted by atomic mass is 10.2. The van der Waals surface area contributed by atoms with Crippen molar-refractivity contribution < 1.29 is 4.79 Å². The van der Waals surface area contributed by atoms with Gasteiger partial charge in [0.1, 0.15) is 6.17 Å². The van der Waals surface area contributed by atoms with E-state index in [1.54, 1.807) is 6.08 Å². The van der Waals surface area contributed by atoms with Crippen LogP contribution in [0.2, 0.25) is 0 Å². The van der Waals surface area contributed by atoms with E-state index in [1.807, 2.05) is 24.4 Å². The van der Waals surface area contributed by atoms with Crippen molar-refractivity contribution in [3.63, 3.8) is 0 Å². The minimum absolute atomic E-state index is 0.0241. The zero-order valence-electron chi connectivity index (χ0n) is 9.78. The summed E-state index contributed by atoms with van der Waals surface area (Å²) in [5, 5.41) is 0. The van der Waals surface area contributed by atoms with E-state index >= 15 is 0 Å². The Morgan fingerprint density at radius 3 is 2.65 bits per heavy atom. The molecule has 1 aliphatic rings. The molecule has 1 unspecified atom stereocenters. The van der Waals surface area contributed by atoms with Crippen molar-refractivity contribution in [2.75, 3.05) is 0 Å². The van der Waals surface area contributed by atoms with Crippen LogP contribution in [0.1, 0.15) is 18.9 Å². The highest BCUT2D eigenvalue weighted by atomic mass is 32.1. The SMILES string of the molecule is CCC1N(Cc2ccccc2)C=CC(=O)N1S. The molecule has 0 saturated carbocycles. The lowest BCUT2D eigenvalue weighted by Crippen LogP contribution is -2.46. The average Bonchev–Trinajstić information content (AvgIpc) is 2.36. The summed E-state index contributed by atoms with van der Waals surface area (Å²) in [6, 6.07) is 10.2. The van der Waals surface area contributed by atoms with E-state index in [2.05, 4.69) is 36.8 Å². The molecule has 3 nitrogen and oxygen atoms in total. The van der Waals surface area contributed by atoms with E-state index in [0.29, 0.717) is 0 Å². The highest BCUT2D eigenvalue weighted by Crippen LogP contribution is 2.20. The second-order valence-corrected chi connectivity index (χ2v) is 4.48. The molecule has 0 saturated heterocycles. The van der Waals surface area contributed by atoms with E-state index in [1.165, 1.54) is 9.87 Å². The highest BCUT2D eigenvalue weighted by Gasteiger charge is 2.26. The Hall–Kier alpha value is -1.42. The molecule has 1 aromatic carbocycles. The molecule has 1 amide bonds. The van der Waals surface area contributed by atoms with Crippen molar-refractivity contribution in [2.45, 2.75) is 26.1 Å². The Kier molecular flexibility index (Phi) is 3.74. The maximum atomic E-state index is 11.5. The third-order valence-corrected chi connectivity index (χ3v) is 3.34. The monoisotopic (exact) mass is 248 g/mol. The van der Waals surface area contributed by atoms with Crippen LogP contribution in [0.15, 0.2) is 42.6 Å². The van der Waals surface area contributed by atoms with Gasteiger partial charge in [0.2, 0.25) is 0 Å². The molecule has 0 aliphatic carbocycles. The second kappa shape index (κ2) is 5.27. The first-order chi connectivity index (χ1) is 8.22. The largest absolute Gasteiger partial charge is 0.352 e. The molecular weight excluding hydrogens is 232 g/mol. The molecule has 1 aliphatic heterocycles. The molecule has 0 aromatic heterocycles. The minimum Gasteiger partial charge on any atom is -0.352 e. The number of thiol groups is 1. The van der Waals surface area contributed by atoms with E-state index in [9.17, 15) is 4.79 Å². The standard InChI is InChI=1S/C13H16N2OS/c1-2-12-14(9-8-13(16)15(12)17)10-11-6-4-3-5-7-11/h3-9,12,17H,2,10H2,1H3. The average molecular weight is 248 g/mol. The van der Waals surface area contributed by atoms with Crippen LogP contribution in [0.4, 0.5) is 0 Å². The maximum Gasteiger partial charge on any atom is 0.259 e. The molecule has 17 heavy (non-hydrogen) atoms. The summed E-state index contributed by atoms with van der Waals surface area (Å²) in [7, 11) is 0. The van der Waals surface area contributed by atoms with Gasteiger partial charge in [-0.15, -0.1) is 0 Å².